The Labute approximate surface area is 259 Å². The maximum atomic E-state index is 13.2. The number of ketones is 1. The second-order valence-electron chi connectivity index (χ2n) is 12.0. The molecule has 4 nitrogen and oxygen atoms in total. The average Bonchev–Trinajstić information content (AvgIpc) is 3.40. The lowest BCUT2D eigenvalue weighted by atomic mass is 9.49. The number of rotatable bonds is 6. The zero-order chi connectivity index (χ0) is 31.0. The van der Waals surface area contributed by atoms with Gasteiger partial charge in [0, 0.05) is 11.8 Å². The van der Waals surface area contributed by atoms with E-state index in [2.05, 4.69) is 25.0 Å². The predicted octanol–water partition coefficient (Wildman–Crippen LogP) is 9.23. The molecule has 0 heterocycles. The molecule has 0 N–H and O–H groups in total. The van der Waals surface area contributed by atoms with Gasteiger partial charge in [-0.3, -0.25) is 4.79 Å². The van der Waals surface area contributed by atoms with Crippen LogP contribution in [0.4, 0.5) is 0 Å². The number of terminal acetylenes is 1. The number of benzene rings is 2. The molecule has 0 aliphatic heterocycles. The summed E-state index contributed by atoms with van der Waals surface area (Å²) in [4.78, 5) is 25.2. The van der Waals surface area contributed by atoms with Gasteiger partial charge in [0.2, 0.25) is 0 Å². The van der Waals surface area contributed by atoms with Gasteiger partial charge in [-0.1, -0.05) is 88.6 Å². The molecule has 4 heteroatoms. The van der Waals surface area contributed by atoms with Gasteiger partial charge < -0.3 is 9.47 Å². The lowest BCUT2D eigenvalue weighted by Crippen LogP contribution is -2.55. The van der Waals surface area contributed by atoms with Gasteiger partial charge in [-0.15, -0.1) is 6.42 Å². The average molecular weight is 583 g/mol. The molecule has 0 bridgehead atoms. The van der Waals surface area contributed by atoms with Crippen molar-refractivity contribution < 1.29 is 19.1 Å². The Balaban J connectivity index is 0.00000102. The van der Waals surface area contributed by atoms with E-state index in [9.17, 15) is 9.59 Å². The summed E-state index contributed by atoms with van der Waals surface area (Å²) in [6.07, 6.45) is 16.7. The van der Waals surface area contributed by atoms with Crippen molar-refractivity contribution in [3.05, 3.63) is 66.2 Å². The fourth-order valence-electron chi connectivity index (χ4n) is 8.86. The van der Waals surface area contributed by atoms with E-state index in [0.717, 1.165) is 56.1 Å². The van der Waals surface area contributed by atoms with E-state index in [-0.39, 0.29) is 12.0 Å². The van der Waals surface area contributed by atoms with Crippen molar-refractivity contribution in [2.24, 2.45) is 29.1 Å². The Kier molecular flexibility index (Phi) is 10.9. The monoisotopic (exact) mass is 582 g/mol. The van der Waals surface area contributed by atoms with Gasteiger partial charge in [0.25, 0.3) is 0 Å². The topological polar surface area (TPSA) is 52.6 Å². The number of allylic oxidation sites excluding steroid dienone is 1. The summed E-state index contributed by atoms with van der Waals surface area (Å²) in [7, 11) is 0. The van der Waals surface area contributed by atoms with Gasteiger partial charge >= 0.3 is 5.97 Å². The molecule has 3 saturated carbocycles. The van der Waals surface area contributed by atoms with Crippen LogP contribution in [0.3, 0.4) is 0 Å². The first-order chi connectivity index (χ1) is 21.0. The van der Waals surface area contributed by atoms with Crippen molar-refractivity contribution in [2.45, 2.75) is 98.0 Å². The highest BCUT2D eigenvalue weighted by Gasteiger charge is 2.65. The first-order valence-corrected chi connectivity index (χ1v) is 16.7. The zero-order valence-corrected chi connectivity index (χ0v) is 26.9. The highest BCUT2D eigenvalue weighted by Crippen LogP contribution is 2.67. The Bertz CT molecular complexity index is 1300. The maximum Gasteiger partial charge on any atom is 0.345 e. The fraction of sp³-hybridized carbons (Fsp3) is 0.538. The molecule has 0 amide bonds. The predicted molar refractivity (Wildman–Crippen MR) is 174 cm³/mol. The lowest BCUT2D eigenvalue weighted by Gasteiger charge is -2.56. The fourth-order valence-corrected chi connectivity index (χ4v) is 8.86. The molecule has 230 valence electrons. The minimum Gasteiger partial charge on any atom is -0.482 e. The second-order valence-corrected chi connectivity index (χ2v) is 12.0. The normalized spacial score (nSPS) is 30.3. The molecule has 0 radical (unpaired) electrons. The van der Waals surface area contributed by atoms with Crippen molar-refractivity contribution in [3.8, 4) is 29.2 Å². The van der Waals surface area contributed by atoms with Crippen LogP contribution in [0.2, 0.25) is 0 Å². The quantitative estimate of drug-likeness (QED) is 0.252. The SMILES string of the molecule is C#C[C@]1(OC(=O)COc2ccc(-c3ccccc3)cc2)CCC2C3CCC4=CC(=O)CCC4C3CC[C@@]21CC.CC.CC. The van der Waals surface area contributed by atoms with Crippen LogP contribution in [-0.2, 0) is 14.3 Å². The zero-order valence-electron chi connectivity index (χ0n) is 26.9. The number of hydrogen-bond acceptors (Lipinski definition) is 4. The summed E-state index contributed by atoms with van der Waals surface area (Å²) < 4.78 is 12.1. The molecule has 4 aliphatic rings. The number of ether oxygens (including phenoxy) is 2. The third kappa shape index (κ3) is 6.19. The summed E-state index contributed by atoms with van der Waals surface area (Å²) >= 11 is 0. The lowest BCUT2D eigenvalue weighted by molar-refractivity contribution is -0.175. The summed E-state index contributed by atoms with van der Waals surface area (Å²) in [5.41, 5.74) is 2.55. The third-order valence-corrected chi connectivity index (χ3v) is 10.6. The van der Waals surface area contributed by atoms with E-state index >= 15 is 0 Å². The van der Waals surface area contributed by atoms with Gasteiger partial charge in [0.05, 0.1) is 0 Å². The van der Waals surface area contributed by atoms with Gasteiger partial charge in [0.1, 0.15) is 5.75 Å². The highest BCUT2D eigenvalue weighted by atomic mass is 16.6. The second kappa shape index (κ2) is 14.4. The highest BCUT2D eigenvalue weighted by molar-refractivity contribution is 5.91. The molecule has 0 saturated heterocycles. The van der Waals surface area contributed by atoms with Gasteiger partial charge in [0.15, 0.2) is 18.0 Å². The van der Waals surface area contributed by atoms with Crippen LogP contribution in [-0.4, -0.2) is 24.0 Å². The van der Waals surface area contributed by atoms with E-state index in [0.29, 0.717) is 48.0 Å². The Hall–Kier alpha value is -3.32. The molecular formula is C39H50O4. The van der Waals surface area contributed by atoms with E-state index in [1.54, 1.807) is 0 Å². The Morgan fingerprint density at radius 1 is 0.884 bits per heavy atom. The van der Waals surface area contributed by atoms with Gasteiger partial charge in [-0.2, -0.15) is 0 Å². The largest absolute Gasteiger partial charge is 0.482 e. The Morgan fingerprint density at radius 3 is 2.26 bits per heavy atom. The molecule has 4 aliphatic carbocycles. The number of carbonyl (C=O) groups is 2. The number of hydrogen-bond donors (Lipinski definition) is 0. The van der Waals surface area contributed by atoms with Crippen molar-refractivity contribution in [1.82, 2.24) is 0 Å². The molecule has 6 rings (SSSR count). The van der Waals surface area contributed by atoms with Gasteiger partial charge in [-0.25, -0.2) is 4.79 Å². The number of carbonyl (C=O) groups excluding carboxylic acids is 2. The first kappa shape index (κ1) is 32.6. The van der Waals surface area contributed by atoms with E-state index in [4.69, 9.17) is 15.9 Å². The van der Waals surface area contributed by atoms with E-state index < -0.39 is 11.6 Å². The number of fused-ring (bicyclic) bond motifs is 5. The van der Waals surface area contributed by atoms with Crippen molar-refractivity contribution in [3.63, 3.8) is 0 Å². The summed E-state index contributed by atoms with van der Waals surface area (Å²) in [6, 6.07) is 17.9. The first-order valence-electron chi connectivity index (χ1n) is 16.7. The number of esters is 1. The third-order valence-electron chi connectivity index (χ3n) is 10.6. The minimum atomic E-state index is -0.881. The molecule has 2 aromatic rings. The van der Waals surface area contributed by atoms with Crippen molar-refractivity contribution >= 4 is 11.8 Å². The van der Waals surface area contributed by atoms with Crippen LogP contribution in [0.25, 0.3) is 11.1 Å². The standard InChI is InChI=1S/C35H38O4.2C2H6/c1-3-34-20-18-30-29-17-13-27(36)22-26(29)12-16-31(30)32(34)19-21-35(34,4-2)39-33(37)23-38-28-14-10-25(11-15-28)24-8-6-5-7-9-24;2*1-2/h2,5-11,14-15,22,29-32H,3,12-13,16-21,23H2,1H3;2*1-2H3/t29?,30?,31?,32?,34-,35-;;/m0../s1. The summed E-state index contributed by atoms with van der Waals surface area (Å²) in [6.45, 7) is 10.1. The summed E-state index contributed by atoms with van der Waals surface area (Å²) in [5, 5.41) is 0. The summed E-state index contributed by atoms with van der Waals surface area (Å²) in [5.74, 6) is 5.77. The molecular weight excluding hydrogens is 532 g/mol. The van der Waals surface area contributed by atoms with Crippen LogP contribution in [0.15, 0.2) is 66.2 Å². The van der Waals surface area contributed by atoms with E-state index in [1.165, 1.54) is 5.57 Å². The maximum absolute atomic E-state index is 13.2. The van der Waals surface area contributed by atoms with Crippen LogP contribution in [0.5, 0.6) is 5.75 Å². The van der Waals surface area contributed by atoms with Crippen molar-refractivity contribution in [1.29, 1.82) is 0 Å². The van der Waals surface area contributed by atoms with Gasteiger partial charge in [-0.05, 0) is 104 Å². The van der Waals surface area contributed by atoms with Crippen molar-refractivity contribution in [2.75, 3.05) is 6.61 Å². The van der Waals surface area contributed by atoms with Crippen LogP contribution < -0.4 is 4.74 Å². The molecule has 0 aromatic heterocycles. The minimum absolute atomic E-state index is 0.158. The van der Waals surface area contributed by atoms with Crippen LogP contribution >= 0.6 is 0 Å². The molecule has 0 spiro atoms. The molecule has 6 atom stereocenters. The molecule has 3 fully saturated rings. The smallest absolute Gasteiger partial charge is 0.345 e. The van der Waals surface area contributed by atoms with E-state index in [1.807, 2.05) is 76.2 Å². The Morgan fingerprint density at radius 2 is 1.58 bits per heavy atom. The molecule has 43 heavy (non-hydrogen) atoms. The van der Waals surface area contributed by atoms with Crippen LogP contribution in [0, 0.1) is 41.4 Å². The van der Waals surface area contributed by atoms with Crippen LogP contribution in [0.1, 0.15) is 92.4 Å². The molecule has 2 aromatic carbocycles. The molecule has 4 unspecified atom stereocenters.